The second kappa shape index (κ2) is 5.84. The van der Waals surface area contributed by atoms with Crippen molar-refractivity contribution in [1.82, 2.24) is 0 Å². The van der Waals surface area contributed by atoms with E-state index in [1.807, 2.05) is 0 Å². The van der Waals surface area contributed by atoms with Gasteiger partial charge in [0, 0.05) is 11.3 Å². The number of carbonyl (C=O) groups excluding carboxylic acids is 2. The fraction of sp³-hybridized carbons (Fsp3) is 0.0667. The molecule has 3 nitrogen and oxygen atoms in total. The van der Waals surface area contributed by atoms with Crippen LogP contribution in [0.25, 0.3) is 0 Å². The Balaban J connectivity index is 2.28. The lowest BCUT2D eigenvalue weighted by molar-refractivity contribution is 0.100. The van der Waals surface area contributed by atoms with Crippen molar-refractivity contribution >= 4 is 29.0 Å². The predicted octanol–water partition coefficient (Wildman–Crippen LogP) is 3.93. The van der Waals surface area contributed by atoms with Gasteiger partial charge >= 0.3 is 0 Å². The van der Waals surface area contributed by atoms with E-state index in [9.17, 15) is 14.0 Å². The van der Waals surface area contributed by atoms with E-state index in [2.05, 4.69) is 5.32 Å². The van der Waals surface area contributed by atoms with Crippen LogP contribution in [0.4, 0.5) is 10.1 Å². The summed E-state index contributed by atoms with van der Waals surface area (Å²) in [4.78, 5) is 23.3. The van der Waals surface area contributed by atoms with Gasteiger partial charge < -0.3 is 5.32 Å². The van der Waals surface area contributed by atoms with Crippen LogP contribution in [0.15, 0.2) is 42.5 Å². The van der Waals surface area contributed by atoms with Gasteiger partial charge in [0.1, 0.15) is 5.82 Å². The smallest absolute Gasteiger partial charge is 0.260 e. The lowest BCUT2D eigenvalue weighted by Gasteiger charge is -2.08. The number of rotatable bonds is 3. The number of anilines is 1. The minimum Gasteiger partial charge on any atom is -0.322 e. The van der Waals surface area contributed by atoms with Gasteiger partial charge in [-0.25, -0.2) is 4.39 Å². The van der Waals surface area contributed by atoms with Gasteiger partial charge in [-0.1, -0.05) is 29.8 Å². The highest BCUT2D eigenvalue weighted by Gasteiger charge is 2.16. The lowest BCUT2D eigenvalue weighted by atomic mass is 10.1. The molecule has 5 heteroatoms. The van der Waals surface area contributed by atoms with Crippen molar-refractivity contribution in [2.45, 2.75) is 6.92 Å². The van der Waals surface area contributed by atoms with Crippen molar-refractivity contribution in [3.8, 4) is 0 Å². The first-order valence-electron chi connectivity index (χ1n) is 5.85. The maximum Gasteiger partial charge on any atom is 0.260 e. The van der Waals surface area contributed by atoms with Crippen molar-refractivity contribution in [3.63, 3.8) is 0 Å². The van der Waals surface area contributed by atoms with Gasteiger partial charge in [-0.15, -0.1) is 0 Å². The molecule has 1 N–H and O–H groups in total. The fourth-order valence-electron chi connectivity index (χ4n) is 1.72. The number of Topliss-reactive ketones (excluding diaryl/α,β-unsaturated/α-hetero) is 1. The van der Waals surface area contributed by atoms with Crippen LogP contribution < -0.4 is 5.32 Å². The van der Waals surface area contributed by atoms with E-state index >= 15 is 0 Å². The molecule has 0 saturated heterocycles. The highest BCUT2D eigenvalue weighted by Crippen LogP contribution is 2.21. The lowest BCUT2D eigenvalue weighted by Crippen LogP contribution is -2.14. The number of ketones is 1. The van der Waals surface area contributed by atoms with Crippen LogP contribution in [0.1, 0.15) is 27.6 Å². The Labute approximate surface area is 120 Å². The molecule has 0 saturated carbocycles. The number of amides is 1. The van der Waals surface area contributed by atoms with Crippen LogP contribution in [0, 0.1) is 5.82 Å². The molecule has 0 aliphatic heterocycles. The summed E-state index contributed by atoms with van der Waals surface area (Å²) in [6, 6.07) is 10.4. The van der Waals surface area contributed by atoms with Crippen molar-refractivity contribution in [2.75, 3.05) is 5.32 Å². The molecule has 2 aromatic rings. The summed E-state index contributed by atoms with van der Waals surface area (Å²) < 4.78 is 13.6. The van der Waals surface area contributed by atoms with Crippen molar-refractivity contribution in [1.29, 1.82) is 0 Å². The molecule has 0 radical (unpaired) electrons. The molecule has 0 spiro atoms. The van der Waals surface area contributed by atoms with Gasteiger partial charge in [-0.3, -0.25) is 9.59 Å². The average Bonchev–Trinajstić information content (AvgIpc) is 2.38. The monoisotopic (exact) mass is 291 g/mol. The van der Waals surface area contributed by atoms with Gasteiger partial charge in [0.15, 0.2) is 5.78 Å². The average molecular weight is 292 g/mol. The summed E-state index contributed by atoms with van der Waals surface area (Å²) in [7, 11) is 0. The zero-order valence-electron chi connectivity index (χ0n) is 10.6. The molecule has 0 unspecified atom stereocenters. The quantitative estimate of drug-likeness (QED) is 0.871. The molecule has 0 atom stereocenters. The van der Waals surface area contributed by atoms with Crippen LogP contribution >= 0.6 is 11.6 Å². The second-order valence-corrected chi connectivity index (χ2v) is 4.59. The summed E-state index contributed by atoms with van der Waals surface area (Å²) in [5.74, 6) is -1.48. The van der Waals surface area contributed by atoms with E-state index in [1.165, 1.54) is 25.1 Å². The Morgan fingerprint density at radius 3 is 2.50 bits per heavy atom. The highest BCUT2D eigenvalue weighted by molar-refractivity contribution is 6.34. The van der Waals surface area contributed by atoms with Crippen LogP contribution in [0.5, 0.6) is 0 Å². The number of nitrogens with one attached hydrogen (secondary N) is 1. The molecule has 2 aromatic carbocycles. The molecule has 0 aliphatic carbocycles. The molecule has 20 heavy (non-hydrogen) atoms. The molecule has 102 valence electrons. The first kappa shape index (κ1) is 14.2. The van der Waals surface area contributed by atoms with Crippen LogP contribution in [0.3, 0.4) is 0 Å². The van der Waals surface area contributed by atoms with Crippen molar-refractivity contribution in [3.05, 3.63) is 64.4 Å². The first-order valence-corrected chi connectivity index (χ1v) is 6.23. The summed E-state index contributed by atoms with van der Waals surface area (Å²) in [6.07, 6.45) is 0. The molecule has 0 bridgehead atoms. The SMILES string of the molecule is CC(=O)c1cccc(NC(=O)c2c(F)cccc2Cl)c1. The molecule has 0 fully saturated rings. The molecule has 0 heterocycles. The third kappa shape index (κ3) is 3.03. The summed E-state index contributed by atoms with van der Waals surface area (Å²) in [5.41, 5.74) is 0.645. The topological polar surface area (TPSA) is 46.2 Å². The molecular formula is C15H11ClFNO2. The van der Waals surface area contributed by atoms with Gasteiger partial charge in [0.25, 0.3) is 5.91 Å². The molecule has 1 amide bonds. The van der Waals surface area contributed by atoms with Gasteiger partial charge in [0.05, 0.1) is 10.6 Å². The number of hydrogen-bond acceptors (Lipinski definition) is 2. The number of halogens is 2. The second-order valence-electron chi connectivity index (χ2n) is 4.19. The molecule has 2 rings (SSSR count). The minimum absolute atomic E-state index is 0.0326. The normalized spacial score (nSPS) is 10.2. The van der Waals surface area contributed by atoms with Crippen molar-refractivity contribution < 1.29 is 14.0 Å². The predicted molar refractivity (Wildman–Crippen MR) is 75.8 cm³/mol. The fourth-order valence-corrected chi connectivity index (χ4v) is 1.97. The van der Waals surface area contributed by atoms with Gasteiger partial charge in [-0.2, -0.15) is 0 Å². The van der Waals surface area contributed by atoms with Crippen LogP contribution in [-0.2, 0) is 0 Å². The Morgan fingerprint density at radius 1 is 1.15 bits per heavy atom. The maximum atomic E-state index is 13.6. The zero-order chi connectivity index (χ0) is 14.7. The Hall–Kier alpha value is -2.20. The first-order chi connectivity index (χ1) is 9.49. The van der Waals surface area contributed by atoms with Crippen LogP contribution in [-0.4, -0.2) is 11.7 Å². The number of carbonyl (C=O) groups is 2. The standard InChI is InChI=1S/C15H11ClFNO2/c1-9(19)10-4-2-5-11(8-10)18-15(20)14-12(16)6-3-7-13(14)17/h2-8H,1H3,(H,18,20). The van der Waals surface area contributed by atoms with Gasteiger partial charge in [0.2, 0.25) is 0 Å². The van der Waals surface area contributed by atoms with E-state index in [-0.39, 0.29) is 16.4 Å². The van der Waals surface area contributed by atoms with E-state index in [0.717, 1.165) is 6.07 Å². The Morgan fingerprint density at radius 2 is 1.85 bits per heavy atom. The van der Waals surface area contributed by atoms with E-state index in [1.54, 1.807) is 18.2 Å². The molecular weight excluding hydrogens is 281 g/mol. The van der Waals surface area contributed by atoms with Crippen molar-refractivity contribution in [2.24, 2.45) is 0 Å². The zero-order valence-corrected chi connectivity index (χ0v) is 11.4. The maximum absolute atomic E-state index is 13.6. The summed E-state index contributed by atoms with van der Waals surface area (Å²) in [6.45, 7) is 1.43. The third-order valence-corrected chi connectivity index (χ3v) is 3.03. The van der Waals surface area contributed by atoms with E-state index in [4.69, 9.17) is 11.6 Å². The van der Waals surface area contributed by atoms with Crippen LogP contribution in [0.2, 0.25) is 5.02 Å². The largest absolute Gasteiger partial charge is 0.322 e. The Bertz CT molecular complexity index is 665. The van der Waals surface area contributed by atoms with E-state index in [0.29, 0.717) is 11.3 Å². The summed E-state index contributed by atoms with van der Waals surface area (Å²) >= 11 is 5.82. The molecule has 0 aliphatic rings. The summed E-state index contributed by atoms with van der Waals surface area (Å²) in [5, 5.41) is 2.55. The highest BCUT2D eigenvalue weighted by atomic mass is 35.5. The van der Waals surface area contributed by atoms with E-state index < -0.39 is 11.7 Å². The minimum atomic E-state index is -0.697. The third-order valence-electron chi connectivity index (χ3n) is 2.72. The molecule has 0 aromatic heterocycles. The number of benzene rings is 2. The number of hydrogen-bond donors (Lipinski definition) is 1. The Kier molecular flexibility index (Phi) is 4.15. The van der Waals surface area contributed by atoms with Gasteiger partial charge in [-0.05, 0) is 31.2 Å².